The first-order chi connectivity index (χ1) is 9.05. The minimum atomic E-state index is -0.327. The molecular formula is C14H20N4O. The molecule has 5 nitrogen and oxygen atoms in total. The SMILES string of the molecule is CC1(C)Cc2c(ccn2CCn2ccnn2)C(O)C1. The molecule has 0 radical (unpaired) electrons. The molecule has 0 saturated carbocycles. The van der Waals surface area contributed by atoms with Crippen LogP contribution in [0.2, 0.25) is 0 Å². The number of fused-ring (bicyclic) bond motifs is 1. The van der Waals surface area contributed by atoms with Crippen LogP contribution in [0, 0.1) is 5.41 Å². The second kappa shape index (κ2) is 4.49. The Morgan fingerprint density at radius 2 is 2.21 bits per heavy atom. The number of aliphatic hydroxyl groups is 1. The molecule has 1 atom stereocenters. The van der Waals surface area contributed by atoms with Crippen molar-refractivity contribution < 1.29 is 5.11 Å². The van der Waals surface area contributed by atoms with Gasteiger partial charge in [-0.1, -0.05) is 19.1 Å². The average molecular weight is 260 g/mol. The van der Waals surface area contributed by atoms with E-state index in [4.69, 9.17) is 0 Å². The Balaban J connectivity index is 1.80. The van der Waals surface area contributed by atoms with Crippen molar-refractivity contribution in [2.45, 2.75) is 45.9 Å². The van der Waals surface area contributed by atoms with Crippen LogP contribution >= 0.6 is 0 Å². The number of aryl methyl sites for hydroxylation is 2. The number of nitrogens with zero attached hydrogens (tertiary/aromatic N) is 4. The lowest BCUT2D eigenvalue weighted by Crippen LogP contribution is -2.27. The van der Waals surface area contributed by atoms with Gasteiger partial charge in [0.15, 0.2) is 0 Å². The molecule has 0 saturated heterocycles. The highest BCUT2D eigenvalue weighted by Gasteiger charge is 2.32. The zero-order chi connectivity index (χ0) is 13.5. The average Bonchev–Trinajstić information content (AvgIpc) is 2.93. The summed E-state index contributed by atoms with van der Waals surface area (Å²) in [6.07, 6.45) is 7.17. The van der Waals surface area contributed by atoms with Crippen molar-refractivity contribution >= 4 is 0 Å². The number of aliphatic hydroxyl groups excluding tert-OH is 1. The Morgan fingerprint density at radius 3 is 2.95 bits per heavy atom. The quantitative estimate of drug-likeness (QED) is 0.915. The van der Waals surface area contributed by atoms with Crippen LogP contribution < -0.4 is 0 Å². The number of hydrogen-bond acceptors (Lipinski definition) is 3. The Bertz CT molecular complexity index is 556. The minimum absolute atomic E-state index is 0.162. The van der Waals surface area contributed by atoms with Crippen LogP contribution in [-0.4, -0.2) is 24.7 Å². The van der Waals surface area contributed by atoms with E-state index in [1.54, 1.807) is 6.20 Å². The smallest absolute Gasteiger partial charge is 0.0812 e. The van der Waals surface area contributed by atoms with E-state index in [0.717, 1.165) is 31.5 Å². The van der Waals surface area contributed by atoms with Gasteiger partial charge in [-0.3, -0.25) is 4.68 Å². The Morgan fingerprint density at radius 1 is 1.37 bits per heavy atom. The molecule has 0 fully saturated rings. The first kappa shape index (κ1) is 12.4. The highest BCUT2D eigenvalue weighted by Crippen LogP contribution is 2.40. The second-order valence-electron chi connectivity index (χ2n) is 6.14. The van der Waals surface area contributed by atoms with Gasteiger partial charge in [0.05, 0.1) is 18.8 Å². The lowest BCUT2D eigenvalue weighted by atomic mass is 9.75. The topological polar surface area (TPSA) is 55.9 Å². The van der Waals surface area contributed by atoms with Gasteiger partial charge in [0.25, 0.3) is 0 Å². The van der Waals surface area contributed by atoms with Crippen LogP contribution in [0.3, 0.4) is 0 Å². The van der Waals surface area contributed by atoms with Crippen LogP contribution in [0.1, 0.15) is 37.6 Å². The van der Waals surface area contributed by atoms with Crippen LogP contribution in [0.25, 0.3) is 0 Å². The second-order valence-corrected chi connectivity index (χ2v) is 6.14. The summed E-state index contributed by atoms with van der Waals surface area (Å²) in [4.78, 5) is 0. The van der Waals surface area contributed by atoms with E-state index in [9.17, 15) is 5.11 Å². The fourth-order valence-electron chi connectivity index (χ4n) is 2.96. The molecule has 0 aliphatic heterocycles. The van der Waals surface area contributed by atoms with Gasteiger partial charge in [-0.05, 0) is 24.3 Å². The summed E-state index contributed by atoms with van der Waals surface area (Å²) in [6.45, 7) is 6.10. The maximum Gasteiger partial charge on any atom is 0.0812 e. The van der Waals surface area contributed by atoms with Crippen molar-refractivity contribution in [3.63, 3.8) is 0 Å². The molecule has 0 bridgehead atoms. The summed E-state index contributed by atoms with van der Waals surface area (Å²) in [7, 11) is 0. The van der Waals surface area contributed by atoms with Crippen molar-refractivity contribution in [2.75, 3.05) is 0 Å². The molecule has 1 N–H and O–H groups in total. The minimum Gasteiger partial charge on any atom is -0.388 e. The Hall–Kier alpha value is -1.62. The molecule has 2 aromatic rings. The first-order valence-corrected chi connectivity index (χ1v) is 6.75. The molecule has 3 rings (SSSR count). The summed E-state index contributed by atoms with van der Waals surface area (Å²) in [5, 5.41) is 18.0. The predicted octanol–water partition coefficient (Wildman–Crippen LogP) is 1.79. The molecule has 0 aromatic carbocycles. The summed E-state index contributed by atoms with van der Waals surface area (Å²) in [5.74, 6) is 0. The number of aromatic nitrogens is 4. The molecule has 0 spiro atoms. The number of rotatable bonds is 3. The fraction of sp³-hybridized carbons (Fsp3) is 0.571. The van der Waals surface area contributed by atoms with Crippen molar-refractivity contribution in [1.82, 2.24) is 19.6 Å². The third-order valence-corrected chi connectivity index (χ3v) is 3.91. The Labute approximate surface area is 112 Å². The van der Waals surface area contributed by atoms with E-state index in [0.29, 0.717) is 0 Å². The normalized spacial score (nSPS) is 21.3. The van der Waals surface area contributed by atoms with Crippen molar-refractivity contribution in [3.05, 3.63) is 35.9 Å². The van der Waals surface area contributed by atoms with Gasteiger partial charge in [-0.25, -0.2) is 0 Å². The Kier molecular flexibility index (Phi) is 2.93. The molecule has 2 aromatic heterocycles. The molecule has 102 valence electrons. The van der Waals surface area contributed by atoms with Crippen LogP contribution in [0.4, 0.5) is 0 Å². The number of hydrogen-bond donors (Lipinski definition) is 1. The highest BCUT2D eigenvalue weighted by atomic mass is 16.3. The maximum atomic E-state index is 10.2. The van der Waals surface area contributed by atoms with E-state index < -0.39 is 0 Å². The van der Waals surface area contributed by atoms with Gasteiger partial charge in [-0.15, -0.1) is 5.10 Å². The third kappa shape index (κ3) is 2.42. The maximum absolute atomic E-state index is 10.2. The van der Waals surface area contributed by atoms with Crippen molar-refractivity contribution in [2.24, 2.45) is 5.41 Å². The molecule has 0 amide bonds. The van der Waals surface area contributed by atoms with E-state index in [1.165, 1.54) is 5.69 Å². The lowest BCUT2D eigenvalue weighted by Gasteiger charge is -2.34. The monoisotopic (exact) mass is 260 g/mol. The van der Waals surface area contributed by atoms with Gasteiger partial charge in [0, 0.05) is 30.2 Å². The van der Waals surface area contributed by atoms with E-state index in [2.05, 4.69) is 41.0 Å². The van der Waals surface area contributed by atoms with E-state index in [1.807, 2.05) is 10.9 Å². The highest BCUT2D eigenvalue weighted by molar-refractivity contribution is 5.29. The zero-order valence-electron chi connectivity index (χ0n) is 11.5. The van der Waals surface area contributed by atoms with Gasteiger partial charge in [0.1, 0.15) is 0 Å². The van der Waals surface area contributed by atoms with E-state index in [-0.39, 0.29) is 11.5 Å². The summed E-state index contributed by atoms with van der Waals surface area (Å²) < 4.78 is 4.07. The third-order valence-electron chi connectivity index (χ3n) is 3.91. The molecular weight excluding hydrogens is 240 g/mol. The molecule has 1 aliphatic carbocycles. The summed E-state index contributed by atoms with van der Waals surface area (Å²) in [5.41, 5.74) is 2.53. The van der Waals surface area contributed by atoms with Crippen molar-refractivity contribution in [1.29, 1.82) is 0 Å². The molecule has 1 aliphatic rings. The van der Waals surface area contributed by atoms with Crippen LogP contribution in [-0.2, 0) is 19.5 Å². The molecule has 19 heavy (non-hydrogen) atoms. The standard InChI is InChI=1S/C14H20N4O/c1-14(2)9-12-11(13(19)10-14)3-5-17(12)7-8-18-6-4-15-16-18/h3-6,13,19H,7-10H2,1-2H3. The molecule has 1 unspecified atom stereocenters. The first-order valence-electron chi connectivity index (χ1n) is 6.75. The summed E-state index contributed by atoms with van der Waals surface area (Å²) >= 11 is 0. The van der Waals surface area contributed by atoms with E-state index >= 15 is 0 Å². The van der Waals surface area contributed by atoms with Gasteiger partial charge < -0.3 is 9.67 Å². The fourth-order valence-corrected chi connectivity index (χ4v) is 2.96. The molecule has 5 heteroatoms. The lowest BCUT2D eigenvalue weighted by molar-refractivity contribution is 0.0978. The zero-order valence-corrected chi connectivity index (χ0v) is 11.5. The van der Waals surface area contributed by atoms with Gasteiger partial charge in [0.2, 0.25) is 0 Å². The van der Waals surface area contributed by atoms with Crippen LogP contribution in [0.5, 0.6) is 0 Å². The van der Waals surface area contributed by atoms with Gasteiger partial charge >= 0.3 is 0 Å². The summed E-state index contributed by atoms with van der Waals surface area (Å²) in [6, 6.07) is 2.05. The largest absolute Gasteiger partial charge is 0.388 e. The van der Waals surface area contributed by atoms with Crippen molar-refractivity contribution in [3.8, 4) is 0 Å². The molecule has 2 heterocycles. The van der Waals surface area contributed by atoms with Gasteiger partial charge in [-0.2, -0.15) is 0 Å². The predicted molar refractivity (Wildman–Crippen MR) is 71.5 cm³/mol. The van der Waals surface area contributed by atoms with Crippen LogP contribution in [0.15, 0.2) is 24.7 Å².